The predicted molar refractivity (Wildman–Crippen MR) is 140 cm³/mol. The fourth-order valence-electron chi connectivity index (χ4n) is 4.42. The molecule has 0 fully saturated rings. The van der Waals surface area contributed by atoms with Gasteiger partial charge in [-0.25, -0.2) is 0 Å². The van der Waals surface area contributed by atoms with Crippen LogP contribution in [0.4, 0.5) is 0 Å². The van der Waals surface area contributed by atoms with E-state index in [-0.39, 0.29) is 55.0 Å². The molecule has 2 heteroatoms. The van der Waals surface area contributed by atoms with E-state index in [1.54, 1.807) is 19.1 Å². The molecule has 0 saturated carbocycles. The second-order valence-corrected chi connectivity index (χ2v) is 7.49. The Labute approximate surface area is 214 Å². The van der Waals surface area contributed by atoms with Crippen LogP contribution in [0.15, 0.2) is 115 Å². The van der Waals surface area contributed by atoms with Crippen LogP contribution < -0.4 is 0 Å². The van der Waals surface area contributed by atoms with Gasteiger partial charge in [-0.1, -0.05) is 78.6 Å². The Balaban J connectivity index is 1.75. The Morgan fingerprint density at radius 3 is 1.12 bits per heavy atom. The molecule has 7 aromatic rings. The van der Waals surface area contributed by atoms with E-state index >= 15 is 0 Å². The van der Waals surface area contributed by atoms with E-state index in [1.165, 1.54) is 15.2 Å². The highest BCUT2D eigenvalue weighted by Crippen LogP contribution is 2.37. The van der Waals surface area contributed by atoms with Crippen LogP contribution in [0.3, 0.4) is 0 Å². The van der Waals surface area contributed by atoms with Crippen LogP contribution in [0.1, 0.15) is 27.5 Å². The Morgan fingerprint density at radius 1 is 0.485 bits per heavy atom. The number of para-hydroxylation sites is 4. The van der Waals surface area contributed by atoms with Crippen LogP contribution >= 0.6 is 0 Å². The van der Waals surface area contributed by atoms with Crippen molar-refractivity contribution >= 4 is 43.6 Å². The van der Waals surface area contributed by atoms with Gasteiger partial charge in [0.15, 0.2) is 0 Å². The zero-order valence-electron chi connectivity index (χ0n) is 33.1. The van der Waals surface area contributed by atoms with Crippen LogP contribution in [0.25, 0.3) is 55.0 Å². The van der Waals surface area contributed by atoms with Crippen LogP contribution in [0, 0.1) is 6.92 Å². The van der Waals surface area contributed by atoms with E-state index in [0.717, 1.165) is 0 Å². The first-order chi connectivity index (χ1) is 23.0. The average molecular weight is 439 g/mol. The van der Waals surface area contributed by atoms with Crippen molar-refractivity contribution in [2.45, 2.75) is 6.92 Å². The van der Waals surface area contributed by atoms with E-state index in [2.05, 4.69) is 0 Å². The summed E-state index contributed by atoms with van der Waals surface area (Å²) < 4.78 is 140. The van der Waals surface area contributed by atoms with Crippen LogP contribution in [-0.4, -0.2) is 9.13 Å². The molecule has 2 heterocycles. The Kier molecular flexibility index (Phi) is 1.78. The van der Waals surface area contributed by atoms with Crippen LogP contribution in [0.5, 0.6) is 0 Å². The lowest BCUT2D eigenvalue weighted by molar-refractivity contribution is 1.09. The molecule has 0 radical (unpaired) electrons. The number of fused-ring (bicyclic) bond motifs is 6. The van der Waals surface area contributed by atoms with Gasteiger partial charge < -0.3 is 9.13 Å². The number of rotatable bonds is 2. The number of nitrogens with zero attached hydrogens (tertiary/aromatic N) is 2. The average Bonchev–Trinajstić information content (AvgIpc) is 3.63. The van der Waals surface area contributed by atoms with Crippen molar-refractivity contribution in [2.24, 2.45) is 0 Å². The summed E-state index contributed by atoms with van der Waals surface area (Å²) in [6.45, 7) is 1.59. The minimum Gasteiger partial charge on any atom is -0.309 e. The summed E-state index contributed by atoms with van der Waals surface area (Å²) in [6, 6.07) is -4.18. The minimum absolute atomic E-state index is 0.126. The smallest absolute Gasteiger partial charge is 0.0645 e. The van der Waals surface area contributed by atoms with Gasteiger partial charge in [-0.2, -0.15) is 0 Å². The van der Waals surface area contributed by atoms with Crippen molar-refractivity contribution in [2.75, 3.05) is 0 Å². The van der Waals surface area contributed by atoms with Crippen molar-refractivity contribution < 1.29 is 21.9 Å². The minimum atomic E-state index is -0.597. The first kappa shape index (κ1) is 8.57. The molecule has 156 valence electrons. The summed E-state index contributed by atoms with van der Waals surface area (Å²) in [6.07, 6.45) is 0. The summed E-state index contributed by atoms with van der Waals surface area (Å²) in [5.41, 5.74) is 0.158. The highest BCUT2D eigenvalue weighted by Gasteiger charge is 2.17. The van der Waals surface area contributed by atoms with E-state index in [1.807, 2.05) is 0 Å². The fraction of sp³-hybridized carbons (Fsp3) is 0.0323. The molecule has 5 aromatic carbocycles. The lowest BCUT2D eigenvalue weighted by atomic mass is 10.1. The molecule has 2 aromatic heterocycles. The molecule has 0 aliphatic heterocycles. The zero-order valence-corrected chi connectivity index (χ0v) is 17.1. The normalized spacial score (nSPS) is 18.6. The lowest BCUT2D eigenvalue weighted by Gasteiger charge is -2.17. The largest absolute Gasteiger partial charge is 0.309 e. The number of hydrogen-bond acceptors (Lipinski definition) is 0. The molecule has 0 aliphatic carbocycles. The molecule has 0 bridgehead atoms. The molecule has 0 saturated heterocycles. The van der Waals surface area contributed by atoms with Gasteiger partial charge in [-0.15, -0.1) is 0 Å². The highest BCUT2D eigenvalue weighted by molar-refractivity contribution is 6.10. The number of benzene rings is 5. The highest BCUT2D eigenvalue weighted by atomic mass is 15.0. The van der Waals surface area contributed by atoms with Crippen LogP contribution in [0.2, 0.25) is 0 Å². The van der Waals surface area contributed by atoms with Gasteiger partial charge in [0.25, 0.3) is 0 Å². The Morgan fingerprint density at radius 2 is 0.788 bits per heavy atom. The standard InChI is InChI=1S/C31H22N2/c1-21-26(32-28-15-6-2-11-22(28)23-12-3-7-16-29(23)32)19-10-20-27(21)33-30-17-8-4-13-24(30)25-14-5-9-18-31(25)33/h2-20H,1H3/i2D,3D,4D,5D,6D,7D,8D,9D,11D,12D,13D,14D,15D,16D,17D,18D. The summed E-state index contributed by atoms with van der Waals surface area (Å²) in [4.78, 5) is 0. The van der Waals surface area contributed by atoms with E-state index in [4.69, 9.17) is 21.9 Å². The van der Waals surface area contributed by atoms with Gasteiger partial charge in [0.05, 0.1) is 55.4 Å². The summed E-state index contributed by atoms with van der Waals surface area (Å²) >= 11 is 0. The zero-order chi connectivity index (χ0) is 35.9. The fourth-order valence-corrected chi connectivity index (χ4v) is 4.42. The molecule has 0 aliphatic rings. The summed E-state index contributed by atoms with van der Waals surface area (Å²) in [5, 5.41) is -0.508. The van der Waals surface area contributed by atoms with Gasteiger partial charge in [-0.05, 0) is 48.8 Å². The first-order valence-corrected chi connectivity index (χ1v) is 10.1. The predicted octanol–water partition coefficient (Wildman–Crippen LogP) is 8.19. The van der Waals surface area contributed by atoms with Crippen molar-refractivity contribution in [1.29, 1.82) is 0 Å². The topological polar surface area (TPSA) is 9.86 Å². The summed E-state index contributed by atoms with van der Waals surface area (Å²) in [7, 11) is 0. The molecule has 7 rings (SSSR count). The SMILES string of the molecule is [2H]c1c([2H])c([2H])c2c(c1[2H])c1c([2H])c([2H])c([2H])c([2H])c1n2-c1cccc(-n2c3c([2H])c([2H])c([2H])c([2H])c3c3c([2H])c([2H])c([2H])c([2H])c32)c1C. The monoisotopic (exact) mass is 438 g/mol. The molecule has 2 nitrogen and oxygen atoms in total. The van der Waals surface area contributed by atoms with Crippen molar-refractivity contribution in [3.63, 3.8) is 0 Å². The molecule has 0 amide bonds. The van der Waals surface area contributed by atoms with Crippen LogP contribution in [-0.2, 0) is 0 Å². The number of aromatic nitrogens is 2. The third-order valence-electron chi connectivity index (χ3n) is 5.82. The molecule has 0 atom stereocenters. The second-order valence-electron chi connectivity index (χ2n) is 7.49. The van der Waals surface area contributed by atoms with E-state index in [9.17, 15) is 0 Å². The molecular formula is C31H22N2. The molecule has 0 N–H and O–H groups in total. The van der Waals surface area contributed by atoms with Crippen molar-refractivity contribution in [1.82, 2.24) is 9.13 Å². The quantitative estimate of drug-likeness (QED) is 0.257. The Hall–Kier alpha value is -4.30. The van der Waals surface area contributed by atoms with Gasteiger partial charge in [-0.3, -0.25) is 0 Å². The molecule has 33 heavy (non-hydrogen) atoms. The van der Waals surface area contributed by atoms with Crippen molar-refractivity contribution in [3.8, 4) is 11.4 Å². The Bertz CT molecular complexity index is 2350. The van der Waals surface area contributed by atoms with Gasteiger partial charge in [0.2, 0.25) is 0 Å². The lowest BCUT2D eigenvalue weighted by Crippen LogP contribution is -2.03. The first-order valence-electron chi connectivity index (χ1n) is 18.1. The van der Waals surface area contributed by atoms with E-state index < -0.39 is 96.7 Å². The maximum Gasteiger partial charge on any atom is 0.0645 e. The maximum atomic E-state index is 8.87. The van der Waals surface area contributed by atoms with Gasteiger partial charge in [0, 0.05) is 21.5 Å². The second kappa shape index (κ2) is 6.85. The molecule has 0 spiro atoms. The molecule has 0 unspecified atom stereocenters. The number of hydrogen-bond donors (Lipinski definition) is 0. The molecular weight excluding hydrogens is 400 g/mol. The van der Waals surface area contributed by atoms with Gasteiger partial charge in [0.1, 0.15) is 0 Å². The third kappa shape index (κ3) is 2.49. The summed E-state index contributed by atoms with van der Waals surface area (Å²) in [5.74, 6) is 0. The maximum absolute atomic E-state index is 8.87. The third-order valence-corrected chi connectivity index (χ3v) is 5.82. The van der Waals surface area contributed by atoms with Gasteiger partial charge >= 0.3 is 0 Å². The van der Waals surface area contributed by atoms with Crippen molar-refractivity contribution in [3.05, 3.63) is 120 Å². The van der Waals surface area contributed by atoms with E-state index in [0.29, 0.717) is 5.56 Å².